The number of carbonyl (C=O) groups excluding carboxylic acids is 1. The quantitative estimate of drug-likeness (QED) is 0.489. The number of halogens is 3. The summed E-state index contributed by atoms with van der Waals surface area (Å²) in [5.74, 6) is 0.495. The zero-order chi connectivity index (χ0) is 23.2. The molecule has 0 saturated heterocycles. The van der Waals surface area contributed by atoms with E-state index >= 15 is 0 Å². The number of ether oxygens (including phenoxy) is 2. The molecule has 1 fully saturated rings. The average Bonchev–Trinajstić information content (AvgIpc) is 3.56. The molecule has 168 valence electrons. The number of ketones is 1. The number of fused-ring (bicyclic) bond motifs is 1. The van der Waals surface area contributed by atoms with Crippen LogP contribution in [0.15, 0.2) is 72.3 Å². The molecule has 4 nitrogen and oxygen atoms in total. The van der Waals surface area contributed by atoms with E-state index in [0.29, 0.717) is 5.75 Å². The third-order valence-corrected chi connectivity index (χ3v) is 5.70. The summed E-state index contributed by atoms with van der Waals surface area (Å²) in [6, 6.07) is 16.1. The minimum Gasteiger partial charge on any atom is -0.496 e. The Hall–Kier alpha value is -3.74. The topological polar surface area (TPSA) is 47.6 Å². The Morgan fingerprint density at radius 1 is 1.03 bits per heavy atom. The van der Waals surface area contributed by atoms with Gasteiger partial charge in [-0.3, -0.25) is 4.79 Å². The van der Waals surface area contributed by atoms with Crippen molar-refractivity contribution in [2.75, 3.05) is 7.11 Å². The Bertz CT molecular complexity index is 1320. The van der Waals surface area contributed by atoms with Crippen LogP contribution in [0.2, 0.25) is 0 Å². The van der Waals surface area contributed by atoms with E-state index in [1.54, 1.807) is 13.2 Å². The van der Waals surface area contributed by atoms with E-state index in [1.807, 2.05) is 36.4 Å². The maximum Gasteiger partial charge on any atom is 0.416 e. The smallest absolute Gasteiger partial charge is 0.416 e. The summed E-state index contributed by atoms with van der Waals surface area (Å²) in [5, 5.41) is 4.90. The second kappa shape index (κ2) is 7.99. The number of hydrogen-bond donors (Lipinski definition) is 1. The molecule has 33 heavy (non-hydrogen) atoms. The van der Waals surface area contributed by atoms with Gasteiger partial charge in [0.15, 0.2) is 5.76 Å². The Balaban J connectivity index is 1.57. The van der Waals surface area contributed by atoms with Crippen LogP contribution in [0.3, 0.4) is 0 Å². The van der Waals surface area contributed by atoms with Crippen molar-refractivity contribution < 1.29 is 27.4 Å². The first kappa shape index (κ1) is 21.1. The number of alkyl halides is 3. The lowest BCUT2D eigenvalue weighted by atomic mass is 9.98. The molecule has 0 atom stereocenters. The lowest BCUT2D eigenvalue weighted by molar-refractivity contribution is -0.137. The number of carbonyl (C=O) groups is 1. The van der Waals surface area contributed by atoms with Crippen molar-refractivity contribution in [2.24, 2.45) is 0 Å². The molecule has 0 aromatic heterocycles. The van der Waals surface area contributed by atoms with Gasteiger partial charge >= 0.3 is 6.18 Å². The van der Waals surface area contributed by atoms with Crippen LogP contribution in [-0.2, 0) is 15.7 Å². The standard InChI is InChI=1S/C26H20F3NO3/c1-32-21-10-4-8-19-15(5-3-9-20(19)21)14-22-24(31)23(25(33-22)30-18-11-12-18)16-6-2-7-17(13-16)26(27,28)29/h2-10,13-14,18,30H,11-12H2,1H3/b22-14+. The van der Waals surface area contributed by atoms with E-state index in [2.05, 4.69) is 5.32 Å². The van der Waals surface area contributed by atoms with Gasteiger partial charge in [0.1, 0.15) is 5.75 Å². The molecular formula is C26H20F3NO3. The van der Waals surface area contributed by atoms with Crippen molar-refractivity contribution in [1.82, 2.24) is 5.32 Å². The van der Waals surface area contributed by atoms with E-state index < -0.39 is 17.5 Å². The highest BCUT2D eigenvalue weighted by Crippen LogP contribution is 2.38. The van der Waals surface area contributed by atoms with E-state index in [4.69, 9.17) is 9.47 Å². The fourth-order valence-electron chi connectivity index (χ4n) is 3.91. The van der Waals surface area contributed by atoms with Crippen LogP contribution in [-0.4, -0.2) is 18.9 Å². The van der Waals surface area contributed by atoms with Crippen LogP contribution in [0.25, 0.3) is 22.4 Å². The number of rotatable bonds is 5. The molecule has 7 heteroatoms. The van der Waals surface area contributed by atoms with Gasteiger partial charge in [-0.25, -0.2) is 0 Å². The van der Waals surface area contributed by atoms with E-state index in [9.17, 15) is 18.0 Å². The van der Waals surface area contributed by atoms with Crippen molar-refractivity contribution in [3.63, 3.8) is 0 Å². The number of allylic oxidation sites excluding steroid dienone is 1. The Morgan fingerprint density at radius 3 is 2.48 bits per heavy atom. The van der Waals surface area contributed by atoms with Crippen molar-refractivity contribution in [1.29, 1.82) is 0 Å². The monoisotopic (exact) mass is 451 g/mol. The maximum absolute atomic E-state index is 13.3. The normalized spacial score (nSPS) is 17.6. The number of Topliss-reactive ketones (excluding diaryl/α,β-unsaturated/α-hetero) is 1. The van der Waals surface area contributed by atoms with Crippen molar-refractivity contribution in [3.8, 4) is 5.75 Å². The van der Waals surface area contributed by atoms with Crippen molar-refractivity contribution >= 4 is 28.2 Å². The molecular weight excluding hydrogens is 431 g/mol. The van der Waals surface area contributed by atoms with Gasteiger partial charge in [0.2, 0.25) is 11.7 Å². The highest BCUT2D eigenvalue weighted by Gasteiger charge is 2.37. The predicted octanol–water partition coefficient (Wildman–Crippen LogP) is 5.93. The van der Waals surface area contributed by atoms with Crippen molar-refractivity contribution in [2.45, 2.75) is 25.1 Å². The first-order valence-corrected chi connectivity index (χ1v) is 10.5. The molecule has 0 amide bonds. The van der Waals surface area contributed by atoms with Gasteiger partial charge in [-0.15, -0.1) is 0 Å². The summed E-state index contributed by atoms with van der Waals surface area (Å²) in [4.78, 5) is 13.3. The molecule has 0 radical (unpaired) electrons. The lowest BCUT2D eigenvalue weighted by Gasteiger charge is -2.10. The van der Waals surface area contributed by atoms with Crippen LogP contribution in [0, 0.1) is 0 Å². The van der Waals surface area contributed by atoms with E-state index in [1.165, 1.54) is 12.1 Å². The Labute approximate surface area is 188 Å². The fraction of sp³-hybridized carbons (Fsp3) is 0.192. The van der Waals surface area contributed by atoms with Gasteiger partial charge in [0, 0.05) is 11.4 Å². The van der Waals surface area contributed by atoms with E-state index in [-0.39, 0.29) is 28.8 Å². The maximum atomic E-state index is 13.3. The van der Waals surface area contributed by atoms with Gasteiger partial charge < -0.3 is 14.8 Å². The Morgan fingerprint density at radius 2 is 1.76 bits per heavy atom. The lowest BCUT2D eigenvalue weighted by Crippen LogP contribution is -2.16. The zero-order valence-corrected chi connectivity index (χ0v) is 17.7. The summed E-state index contributed by atoms with van der Waals surface area (Å²) in [7, 11) is 1.59. The highest BCUT2D eigenvalue weighted by atomic mass is 19.4. The van der Waals surface area contributed by atoms with Crippen LogP contribution in [0.4, 0.5) is 13.2 Å². The van der Waals surface area contributed by atoms with Crippen LogP contribution in [0.1, 0.15) is 29.5 Å². The van der Waals surface area contributed by atoms with Crippen LogP contribution >= 0.6 is 0 Å². The number of benzene rings is 3. The average molecular weight is 451 g/mol. The SMILES string of the molecule is COc1cccc2c(/C=C3/OC(NC4CC4)=C(c4cccc(C(F)(F)F)c4)C3=O)cccc12. The molecule has 3 aromatic rings. The molecule has 1 saturated carbocycles. The minimum absolute atomic E-state index is 0.0564. The Kier molecular flexibility index (Phi) is 5.12. The first-order chi connectivity index (χ1) is 15.8. The second-order valence-corrected chi connectivity index (χ2v) is 8.04. The molecule has 2 aliphatic rings. The van der Waals surface area contributed by atoms with Gasteiger partial charge in [-0.2, -0.15) is 13.2 Å². The highest BCUT2D eigenvalue weighted by molar-refractivity contribution is 6.31. The van der Waals surface area contributed by atoms with Crippen molar-refractivity contribution in [3.05, 3.63) is 89.0 Å². The van der Waals surface area contributed by atoms with Crippen LogP contribution < -0.4 is 10.1 Å². The predicted molar refractivity (Wildman–Crippen MR) is 119 cm³/mol. The number of nitrogens with one attached hydrogen (secondary N) is 1. The largest absolute Gasteiger partial charge is 0.496 e. The number of methoxy groups -OCH3 is 1. The molecule has 1 aliphatic carbocycles. The minimum atomic E-state index is -4.51. The summed E-state index contributed by atoms with van der Waals surface area (Å²) in [5.41, 5.74) is 0.202. The van der Waals surface area contributed by atoms with Gasteiger partial charge in [0.25, 0.3) is 0 Å². The molecule has 3 aromatic carbocycles. The third-order valence-electron chi connectivity index (χ3n) is 5.70. The fourth-order valence-corrected chi connectivity index (χ4v) is 3.91. The molecule has 0 unspecified atom stereocenters. The molecule has 1 heterocycles. The number of hydrogen-bond acceptors (Lipinski definition) is 4. The van der Waals surface area contributed by atoms with Gasteiger partial charge in [-0.05, 0) is 53.6 Å². The zero-order valence-electron chi connectivity index (χ0n) is 17.7. The van der Waals surface area contributed by atoms with Gasteiger partial charge in [-0.1, -0.05) is 42.5 Å². The second-order valence-electron chi connectivity index (χ2n) is 8.04. The summed E-state index contributed by atoms with van der Waals surface area (Å²) >= 11 is 0. The summed E-state index contributed by atoms with van der Waals surface area (Å²) in [6.45, 7) is 0. The van der Waals surface area contributed by atoms with E-state index in [0.717, 1.165) is 41.3 Å². The molecule has 5 rings (SSSR count). The molecule has 1 aliphatic heterocycles. The molecule has 1 N–H and O–H groups in total. The van der Waals surface area contributed by atoms with Crippen LogP contribution in [0.5, 0.6) is 5.75 Å². The first-order valence-electron chi connectivity index (χ1n) is 10.5. The molecule has 0 spiro atoms. The summed E-state index contributed by atoms with van der Waals surface area (Å²) in [6.07, 6.45) is -1.05. The third kappa shape index (κ3) is 4.06. The summed E-state index contributed by atoms with van der Waals surface area (Å²) < 4.78 is 51.1. The van der Waals surface area contributed by atoms with Gasteiger partial charge in [0.05, 0.1) is 18.2 Å². The molecule has 0 bridgehead atoms.